The summed E-state index contributed by atoms with van der Waals surface area (Å²) < 4.78 is 0. The number of carbonyl (C=O) groups is 3. The van der Waals surface area contributed by atoms with Crippen molar-refractivity contribution in [2.24, 2.45) is 0 Å². The number of carbonyl (C=O) groups excluding carboxylic acids is 3. The number of benzene rings is 1. The van der Waals surface area contributed by atoms with E-state index in [1.54, 1.807) is 28.5 Å². The Morgan fingerprint density at radius 2 is 1.65 bits per heavy atom. The molecule has 0 fully saturated rings. The van der Waals surface area contributed by atoms with Gasteiger partial charge in [0.15, 0.2) is 0 Å². The molecule has 0 radical (unpaired) electrons. The topological polar surface area (TPSA) is 78.5 Å². The van der Waals surface area contributed by atoms with E-state index in [1.165, 1.54) is 11.3 Å². The van der Waals surface area contributed by atoms with Crippen LogP contribution in [0.1, 0.15) is 40.1 Å². The van der Waals surface area contributed by atoms with Crippen LogP contribution < -0.4 is 10.6 Å². The average Bonchev–Trinajstić information content (AvgIpc) is 3.20. The maximum atomic E-state index is 12.2. The second kappa shape index (κ2) is 9.72. The minimum absolute atomic E-state index is 0.00160. The van der Waals surface area contributed by atoms with E-state index < -0.39 is 0 Å². The molecule has 1 aromatic heterocycles. The second-order valence-electron chi connectivity index (χ2n) is 5.65. The first-order valence-corrected chi connectivity index (χ1v) is 9.44. The van der Waals surface area contributed by atoms with Crippen LogP contribution in [-0.2, 0) is 11.3 Å². The quantitative estimate of drug-likeness (QED) is 0.745. The van der Waals surface area contributed by atoms with Crippen molar-refractivity contribution >= 4 is 29.1 Å². The van der Waals surface area contributed by atoms with Gasteiger partial charge in [-0.25, -0.2) is 0 Å². The Bertz CT molecular complexity index is 738. The van der Waals surface area contributed by atoms with Gasteiger partial charge in [0.05, 0.1) is 6.54 Å². The third kappa shape index (κ3) is 5.42. The number of nitrogens with zero attached hydrogens (tertiary/aromatic N) is 1. The molecule has 2 rings (SSSR count). The largest absolute Gasteiger partial charge is 0.350 e. The molecule has 0 bridgehead atoms. The van der Waals surface area contributed by atoms with E-state index in [-0.39, 0.29) is 24.3 Å². The number of nitrogens with one attached hydrogen (secondary N) is 2. The minimum Gasteiger partial charge on any atom is -0.350 e. The number of amides is 3. The van der Waals surface area contributed by atoms with Gasteiger partial charge in [-0.3, -0.25) is 14.4 Å². The van der Waals surface area contributed by atoms with Crippen LogP contribution in [0.2, 0.25) is 0 Å². The molecular formula is C19H23N3O3S. The minimum atomic E-state index is -0.267. The smallest absolute Gasteiger partial charge is 0.253 e. The number of hydrogen-bond acceptors (Lipinski definition) is 4. The van der Waals surface area contributed by atoms with Crippen molar-refractivity contribution < 1.29 is 14.4 Å². The summed E-state index contributed by atoms with van der Waals surface area (Å²) in [4.78, 5) is 37.6. The molecular weight excluding hydrogens is 350 g/mol. The Kier molecular flexibility index (Phi) is 7.35. The molecule has 3 amide bonds. The van der Waals surface area contributed by atoms with Crippen molar-refractivity contribution in [1.29, 1.82) is 0 Å². The fraction of sp³-hybridized carbons (Fsp3) is 0.316. The summed E-state index contributed by atoms with van der Waals surface area (Å²) in [6, 6.07) is 8.88. The van der Waals surface area contributed by atoms with Crippen molar-refractivity contribution in [2.75, 3.05) is 19.6 Å². The maximum Gasteiger partial charge on any atom is 0.253 e. The molecule has 6 nitrogen and oxygen atoms in total. The van der Waals surface area contributed by atoms with E-state index in [1.807, 2.05) is 31.4 Å². The molecule has 26 heavy (non-hydrogen) atoms. The predicted octanol–water partition coefficient (Wildman–Crippen LogP) is 2.28. The molecule has 2 aromatic rings. The van der Waals surface area contributed by atoms with Gasteiger partial charge in [0.1, 0.15) is 0 Å². The van der Waals surface area contributed by atoms with Crippen LogP contribution in [0.15, 0.2) is 41.1 Å². The van der Waals surface area contributed by atoms with E-state index in [4.69, 9.17) is 0 Å². The number of rotatable bonds is 8. The lowest BCUT2D eigenvalue weighted by molar-refractivity contribution is -0.120. The molecule has 7 heteroatoms. The summed E-state index contributed by atoms with van der Waals surface area (Å²) in [6.07, 6.45) is 0. The van der Waals surface area contributed by atoms with Crippen LogP contribution in [0.25, 0.3) is 0 Å². The highest BCUT2D eigenvalue weighted by molar-refractivity contribution is 7.08. The Morgan fingerprint density at radius 1 is 0.962 bits per heavy atom. The van der Waals surface area contributed by atoms with Gasteiger partial charge in [0, 0.05) is 36.1 Å². The van der Waals surface area contributed by atoms with E-state index in [2.05, 4.69) is 10.6 Å². The van der Waals surface area contributed by atoms with Crippen molar-refractivity contribution in [2.45, 2.75) is 20.4 Å². The zero-order valence-corrected chi connectivity index (χ0v) is 15.8. The fourth-order valence-electron chi connectivity index (χ4n) is 2.38. The standard InChI is InChI=1S/C19H23N3O3S/c1-3-22(4-2)19(25)15-7-5-14(6-8-15)11-20-17(23)12-21-18(24)16-9-10-26-13-16/h5-10,13H,3-4,11-12H2,1-2H3,(H,20,23)(H,21,24). The van der Waals surface area contributed by atoms with Crippen molar-refractivity contribution in [3.8, 4) is 0 Å². The van der Waals surface area contributed by atoms with Gasteiger partial charge in [-0.1, -0.05) is 12.1 Å². The van der Waals surface area contributed by atoms with Crippen LogP contribution in [0.3, 0.4) is 0 Å². The molecule has 0 saturated heterocycles. The highest BCUT2D eigenvalue weighted by Crippen LogP contribution is 2.08. The summed E-state index contributed by atoms with van der Waals surface area (Å²) in [5.74, 6) is -0.528. The molecule has 0 aliphatic heterocycles. The first kappa shape index (κ1) is 19.7. The molecule has 0 atom stereocenters. The lowest BCUT2D eigenvalue weighted by atomic mass is 10.1. The van der Waals surface area contributed by atoms with Crippen LogP contribution in [-0.4, -0.2) is 42.3 Å². The third-order valence-corrected chi connectivity index (χ3v) is 4.62. The maximum absolute atomic E-state index is 12.2. The SMILES string of the molecule is CCN(CC)C(=O)c1ccc(CNC(=O)CNC(=O)c2ccsc2)cc1. The summed E-state index contributed by atoms with van der Waals surface area (Å²) in [6.45, 7) is 5.50. The van der Waals surface area contributed by atoms with Crippen molar-refractivity contribution in [3.05, 3.63) is 57.8 Å². The second-order valence-corrected chi connectivity index (χ2v) is 6.43. The average molecular weight is 373 g/mol. The molecule has 0 spiro atoms. The summed E-state index contributed by atoms with van der Waals surface area (Å²) in [5.41, 5.74) is 2.07. The van der Waals surface area contributed by atoms with Gasteiger partial charge in [-0.2, -0.15) is 11.3 Å². The first-order valence-electron chi connectivity index (χ1n) is 8.50. The Morgan fingerprint density at radius 3 is 2.23 bits per heavy atom. The van der Waals surface area contributed by atoms with Crippen LogP contribution in [0, 0.1) is 0 Å². The summed E-state index contributed by atoms with van der Waals surface area (Å²) >= 11 is 1.43. The molecule has 0 aliphatic rings. The normalized spacial score (nSPS) is 10.2. The van der Waals surface area contributed by atoms with Crippen molar-refractivity contribution in [1.82, 2.24) is 15.5 Å². The lowest BCUT2D eigenvalue weighted by Gasteiger charge is -2.18. The van der Waals surface area contributed by atoms with Gasteiger partial charge in [-0.05, 0) is 43.0 Å². The van der Waals surface area contributed by atoms with Gasteiger partial charge in [0.2, 0.25) is 5.91 Å². The molecule has 0 unspecified atom stereocenters. The molecule has 0 saturated carbocycles. The van der Waals surface area contributed by atoms with E-state index in [9.17, 15) is 14.4 Å². The van der Waals surface area contributed by atoms with Crippen LogP contribution in [0.4, 0.5) is 0 Å². The highest BCUT2D eigenvalue weighted by Gasteiger charge is 2.12. The van der Waals surface area contributed by atoms with E-state index in [0.717, 1.165) is 5.56 Å². The Labute approximate surface area is 157 Å². The monoisotopic (exact) mass is 373 g/mol. The summed E-state index contributed by atoms with van der Waals surface area (Å²) in [5, 5.41) is 8.86. The van der Waals surface area contributed by atoms with Gasteiger partial charge < -0.3 is 15.5 Å². The highest BCUT2D eigenvalue weighted by atomic mass is 32.1. The number of hydrogen-bond donors (Lipinski definition) is 2. The fourth-order valence-corrected chi connectivity index (χ4v) is 3.01. The van der Waals surface area contributed by atoms with E-state index >= 15 is 0 Å². The zero-order chi connectivity index (χ0) is 18.9. The van der Waals surface area contributed by atoms with Gasteiger partial charge >= 0.3 is 0 Å². The Balaban J connectivity index is 1.79. The van der Waals surface area contributed by atoms with E-state index in [0.29, 0.717) is 30.8 Å². The van der Waals surface area contributed by atoms with Crippen LogP contribution >= 0.6 is 11.3 Å². The molecule has 1 aromatic carbocycles. The summed E-state index contributed by atoms with van der Waals surface area (Å²) in [7, 11) is 0. The Hall–Kier alpha value is -2.67. The molecule has 2 N–H and O–H groups in total. The molecule has 1 heterocycles. The predicted molar refractivity (Wildman–Crippen MR) is 102 cm³/mol. The lowest BCUT2D eigenvalue weighted by Crippen LogP contribution is -2.36. The van der Waals surface area contributed by atoms with Gasteiger partial charge in [-0.15, -0.1) is 0 Å². The molecule has 0 aliphatic carbocycles. The van der Waals surface area contributed by atoms with Gasteiger partial charge in [0.25, 0.3) is 11.8 Å². The molecule has 138 valence electrons. The van der Waals surface area contributed by atoms with Crippen molar-refractivity contribution in [3.63, 3.8) is 0 Å². The van der Waals surface area contributed by atoms with Crippen LogP contribution in [0.5, 0.6) is 0 Å². The zero-order valence-electron chi connectivity index (χ0n) is 15.0. The first-order chi connectivity index (χ1) is 12.5. The third-order valence-electron chi connectivity index (χ3n) is 3.93. The number of thiophene rings is 1.